The molecule has 1 rings (SSSR count). The predicted molar refractivity (Wildman–Crippen MR) is 81.7 cm³/mol. The van der Waals surface area contributed by atoms with Gasteiger partial charge in [-0.3, -0.25) is 4.79 Å². The zero-order valence-electron chi connectivity index (χ0n) is 10.8. The van der Waals surface area contributed by atoms with E-state index in [2.05, 4.69) is 5.32 Å². The Balaban J connectivity index is 2.39. The average molecular weight is 282 g/mol. The van der Waals surface area contributed by atoms with Gasteiger partial charge in [0.1, 0.15) is 4.32 Å². The lowest BCUT2D eigenvalue weighted by Crippen LogP contribution is -2.29. The van der Waals surface area contributed by atoms with E-state index in [0.29, 0.717) is 5.75 Å². The van der Waals surface area contributed by atoms with Crippen LogP contribution in [0.5, 0.6) is 0 Å². The van der Waals surface area contributed by atoms with E-state index >= 15 is 0 Å². The van der Waals surface area contributed by atoms with E-state index in [1.165, 1.54) is 11.8 Å². The molecule has 1 N–H and O–H groups in total. The number of hydrogen-bond donors (Lipinski definition) is 1. The van der Waals surface area contributed by atoms with Gasteiger partial charge in [0.05, 0.1) is 11.8 Å². The van der Waals surface area contributed by atoms with Crippen LogP contribution in [0.3, 0.4) is 0 Å². The van der Waals surface area contributed by atoms with Gasteiger partial charge in [0.25, 0.3) is 0 Å². The highest BCUT2D eigenvalue weighted by Gasteiger charge is 2.10. The molecule has 0 heterocycles. The van der Waals surface area contributed by atoms with Crippen LogP contribution in [-0.2, 0) is 4.79 Å². The summed E-state index contributed by atoms with van der Waals surface area (Å²) in [5.41, 5.74) is 1.10. The molecule has 1 aromatic rings. The van der Waals surface area contributed by atoms with E-state index in [0.717, 1.165) is 9.88 Å². The Morgan fingerprint density at radius 3 is 2.56 bits per heavy atom. The molecule has 0 radical (unpaired) electrons. The smallest absolute Gasteiger partial charge is 0.230 e. The van der Waals surface area contributed by atoms with Crippen molar-refractivity contribution >= 4 is 34.2 Å². The van der Waals surface area contributed by atoms with Crippen molar-refractivity contribution in [3.05, 3.63) is 35.9 Å². The van der Waals surface area contributed by atoms with Gasteiger partial charge in [0, 0.05) is 14.1 Å². The summed E-state index contributed by atoms with van der Waals surface area (Å²) < 4.78 is 0.720. The fraction of sp³-hybridized carbons (Fsp3) is 0.385. The Kier molecular flexibility index (Phi) is 6.15. The minimum absolute atomic E-state index is 0.000512. The lowest BCUT2D eigenvalue weighted by atomic mass is 10.1. The first-order chi connectivity index (χ1) is 8.50. The molecule has 0 fully saturated rings. The molecule has 0 saturated carbocycles. The molecule has 1 amide bonds. The van der Waals surface area contributed by atoms with Gasteiger partial charge in [-0.25, -0.2) is 0 Å². The number of amides is 1. The van der Waals surface area contributed by atoms with Crippen LogP contribution in [0.25, 0.3) is 0 Å². The van der Waals surface area contributed by atoms with Crippen molar-refractivity contribution < 1.29 is 4.79 Å². The maximum Gasteiger partial charge on any atom is 0.230 e. The summed E-state index contributed by atoms with van der Waals surface area (Å²) >= 11 is 6.49. The third kappa shape index (κ3) is 5.06. The number of nitrogens with zero attached hydrogens (tertiary/aromatic N) is 1. The molecule has 18 heavy (non-hydrogen) atoms. The van der Waals surface area contributed by atoms with E-state index in [1.54, 1.807) is 0 Å². The van der Waals surface area contributed by atoms with Crippen molar-refractivity contribution in [1.29, 1.82) is 0 Å². The normalized spacial score (nSPS) is 11.7. The van der Waals surface area contributed by atoms with Crippen LogP contribution in [0.2, 0.25) is 0 Å². The molecule has 0 saturated heterocycles. The standard InChI is InChI=1S/C13H18N2OS2/c1-10(11-7-5-4-6-8-11)14-12(16)9-18-13(17)15(2)3/h4-8,10H,9H2,1-3H3,(H,14,16)/t10-/m1/s1. The van der Waals surface area contributed by atoms with E-state index in [4.69, 9.17) is 12.2 Å². The molecule has 0 bridgehead atoms. The third-order valence-electron chi connectivity index (χ3n) is 2.37. The quantitative estimate of drug-likeness (QED) is 0.860. The fourth-order valence-electron chi connectivity index (χ4n) is 1.36. The van der Waals surface area contributed by atoms with E-state index in [9.17, 15) is 4.79 Å². The molecule has 1 atom stereocenters. The highest BCUT2D eigenvalue weighted by molar-refractivity contribution is 8.23. The molecule has 0 aliphatic heterocycles. The van der Waals surface area contributed by atoms with Gasteiger partial charge in [-0.15, -0.1) is 0 Å². The van der Waals surface area contributed by atoms with Gasteiger partial charge in [0.2, 0.25) is 5.91 Å². The second-order valence-electron chi connectivity index (χ2n) is 4.15. The lowest BCUT2D eigenvalue weighted by molar-refractivity contribution is -0.119. The monoisotopic (exact) mass is 282 g/mol. The molecular weight excluding hydrogens is 264 g/mol. The first-order valence-corrected chi connectivity index (χ1v) is 7.08. The Morgan fingerprint density at radius 2 is 2.00 bits per heavy atom. The fourth-order valence-corrected chi connectivity index (χ4v) is 2.14. The molecule has 1 aromatic carbocycles. The summed E-state index contributed by atoms with van der Waals surface area (Å²) in [5.74, 6) is 0.356. The first kappa shape index (κ1) is 15.0. The molecular formula is C13H18N2OS2. The SMILES string of the molecule is C[C@@H](NC(=O)CSC(=S)N(C)C)c1ccccc1. The molecule has 5 heteroatoms. The Labute approximate surface area is 118 Å². The summed E-state index contributed by atoms with van der Waals surface area (Å²) in [4.78, 5) is 13.6. The molecule has 0 aromatic heterocycles. The Hall–Kier alpha value is -1.07. The maximum atomic E-state index is 11.7. The van der Waals surface area contributed by atoms with Crippen LogP contribution in [0.4, 0.5) is 0 Å². The van der Waals surface area contributed by atoms with Crippen LogP contribution in [0, 0.1) is 0 Å². The van der Waals surface area contributed by atoms with Crippen molar-refractivity contribution in [2.24, 2.45) is 0 Å². The van der Waals surface area contributed by atoms with E-state index in [1.807, 2.05) is 56.3 Å². The van der Waals surface area contributed by atoms with Gasteiger partial charge in [-0.05, 0) is 12.5 Å². The van der Waals surface area contributed by atoms with Crippen molar-refractivity contribution in [2.45, 2.75) is 13.0 Å². The van der Waals surface area contributed by atoms with Crippen LogP contribution >= 0.6 is 24.0 Å². The number of carbonyl (C=O) groups excluding carboxylic acids is 1. The van der Waals surface area contributed by atoms with Gasteiger partial charge < -0.3 is 10.2 Å². The lowest BCUT2D eigenvalue weighted by Gasteiger charge is -2.15. The second-order valence-corrected chi connectivity index (χ2v) is 5.76. The van der Waals surface area contributed by atoms with Crippen molar-refractivity contribution in [3.63, 3.8) is 0 Å². The van der Waals surface area contributed by atoms with Crippen LogP contribution < -0.4 is 5.32 Å². The number of carbonyl (C=O) groups is 1. The molecule has 3 nitrogen and oxygen atoms in total. The summed E-state index contributed by atoms with van der Waals surface area (Å²) in [6.45, 7) is 1.97. The molecule has 0 aliphatic rings. The zero-order chi connectivity index (χ0) is 13.5. The van der Waals surface area contributed by atoms with Gasteiger partial charge in [-0.2, -0.15) is 0 Å². The van der Waals surface area contributed by atoms with Crippen molar-refractivity contribution in [3.8, 4) is 0 Å². The van der Waals surface area contributed by atoms with Gasteiger partial charge in [-0.1, -0.05) is 54.3 Å². The Morgan fingerprint density at radius 1 is 1.39 bits per heavy atom. The molecule has 0 unspecified atom stereocenters. The van der Waals surface area contributed by atoms with Gasteiger partial charge in [0.15, 0.2) is 0 Å². The topological polar surface area (TPSA) is 32.3 Å². The summed E-state index contributed by atoms with van der Waals surface area (Å²) in [6, 6.07) is 9.92. The number of thioether (sulfide) groups is 1. The van der Waals surface area contributed by atoms with Crippen molar-refractivity contribution in [2.75, 3.05) is 19.8 Å². The largest absolute Gasteiger partial charge is 0.364 e. The summed E-state index contributed by atoms with van der Waals surface area (Å²) in [5, 5.41) is 2.95. The highest BCUT2D eigenvalue weighted by Crippen LogP contribution is 2.12. The number of thiocarbonyl (C=S) groups is 1. The maximum absolute atomic E-state index is 11.7. The zero-order valence-corrected chi connectivity index (χ0v) is 12.5. The molecule has 0 spiro atoms. The number of benzene rings is 1. The third-order valence-corrected chi connectivity index (χ3v) is 4.11. The first-order valence-electron chi connectivity index (χ1n) is 5.69. The van der Waals surface area contributed by atoms with E-state index < -0.39 is 0 Å². The van der Waals surface area contributed by atoms with Gasteiger partial charge >= 0.3 is 0 Å². The van der Waals surface area contributed by atoms with Crippen molar-refractivity contribution in [1.82, 2.24) is 10.2 Å². The van der Waals surface area contributed by atoms with Crippen LogP contribution in [-0.4, -0.2) is 35.0 Å². The molecule has 98 valence electrons. The minimum atomic E-state index is 0.000512. The van der Waals surface area contributed by atoms with Crippen LogP contribution in [0.15, 0.2) is 30.3 Å². The second kappa shape index (κ2) is 7.38. The Bertz CT molecular complexity index is 407. The molecule has 0 aliphatic carbocycles. The van der Waals surface area contributed by atoms with E-state index in [-0.39, 0.29) is 11.9 Å². The number of nitrogens with one attached hydrogen (secondary N) is 1. The summed E-state index contributed by atoms with van der Waals surface area (Å²) in [6.07, 6.45) is 0. The predicted octanol–water partition coefficient (Wildman–Crippen LogP) is 2.44. The average Bonchev–Trinajstić information content (AvgIpc) is 2.36. The number of rotatable bonds is 4. The number of hydrogen-bond acceptors (Lipinski definition) is 3. The van der Waals surface area contributed by atoms with Crippen LogP contribution in [0.1, 0.15) is 18.5 Å². The minimum Gasteiger partial charge on any atom is -0.364 e. The highest BCUT2D eigenvalue weighted by atomic mass is 32.2. The summed E-state index contributed by atoms with van der Waals surface area (Å²) in [7, 11) is 3.75.